The molecule has 0 aromatic heterocycles. The highest BCUT2D eigenvalue weighted by atomic mass is 16.8. The summed E-state index contributed by atoms with van der Waals surface area (Å²) in [5.41, 5.74) is 0. The lowest BCUT2D eigenvalue weighted by Gasteiger charge is -2.42. The van der Waals surface area contributed by atoms with E-state index in [4.69, 9.17) is 28.4 Å². The Kier molecular flexibility index (Phi) is 2.43. The maximum Gasteiger partial charge on any atom is 0.187 e. The SMILES string of the molecule is CC1(C)OCC2O[C@@H]3OC3C3OC(C)(C)O[C@H]3[C@@H]2O1. The second-order valence-electron chi connectivity index (χ2n) is 6.50. The first-order chi connectivity index (χ1) is 8.85. The number of rotatable bonds is 0. The van der Waals surface area contributed by atoms with Crippen molar-refractivity contribution < 1.29 is 28.4 Å². The smallest absolute Gasteiger partial charge is 0.187 e. The Hall–Kier alpha value is -0.240. The topological polar surface area (TPSA) is 58.7 Å². The van der Waals surface area contributed by atoms with Crippen LogP contribution in [0.5, 0.6) is 0 Å². The van der Waals surface area contributed by atoms with E-state index in [1.54, 1.807) is 0 Å². The third-order valence-corrected chi connectivity index (χ3v) is 3.98. The number of fused-ring (bicyclic) bond motifs is 5. The molecule has 0 aliphatic carbocycles. The molecule has 4 saturated heterocycles. The predicted octanol–water partition coefficient (Wildman–Crippen LogP) is 0.782. The van der Waals surface area contributed by atoms with E-state index < -0.39 is 11.6 Å². The molecule has 0 aromatic carbocycles. The number of hydrogen-bond acceptors (Lipinski definition) is 6. The van der Waals surface area contributed by atoms with E-state index in [2.05, 4.69) is 0 Å². The first kappa shape index (κ1) is 12.5. The fraction of sp³-hybridized carbons (Fsp3) is 1.00. The molecular weight excluding hydrogens is 252 g/mol. The molecule has 6 heteroatoms. The average Bonchev–Trinajstić information content (AvgIpc) is 2.98. The van der Waals surface area contributed by atoms with Gasteiger partial charge in [0, 0.05) is 0 Å². The Bertz CT molecular complexity index is 395. The summed E-state index contributed by atoms with van der Waals surface area (Å²) in [6.07, 6.45) is -0.940. The maximum atomic E-state index is 6.03. The Morgan fingerprint density at radius 1 is 0.737 bits per heavy atom. The third kappa shape index (κ3) is 2.02. The summed E-state index contributed by atoms with van der Waals surface area (Å²) < 4.78 is 35.1. The van der Waals surface area contributed by atoms with E-state index in [0.29, 0.717) is 6.61 Å². The number of epoxide rings is 1. The van der Waals surface area contributed by atoms with Gasteiger partial charge in [0.05, 0.1) is 6.61 Å². The molecule has 4 aliphatic heterocycles. The van der Waals surface area contributed by atoms with Crippen LogP contribution >= 0.6 is 0 Å². The Labute approximate surface area is 112 Å². The van der Waals surface area contributed by atoms with Gasteiger partial charge in [-0.05, 0) is 27.7 Å². The lowest BCUT2D eigenvalue weighted by Crippen LogP contribution is -2.56. The second kappa shape index (κ2) is 3.69. The van der Waals surface area contributed by atoms with Gasteiger partial charge < -0.3 is 28.4 Å². The number of hydrogen-bond donors (Lipinski definition) is 0. The Balaban J connectivity index is 1.64. The van der Waals surface area contributed by atoms with Crippen molar-refractivity contribution in [2.75, 3.05) is 6.61 Å². The summed E-state index contributed by atoms with van der Waals surface area (Å²) in [7, 11) is 0. The first-order valence-electron chi connectivity index (χ1n) is 6.83. The average molecular weight is 272 g/mol. The minimum atomic E-state index is -0.624. The summed E-state index contributed by atoms with van der Waals surface area (Å²) in [5.74, 6) is -1.24. The molecule has 0 bridgehead atoms. The molecule has 0 N–H and O–H groups in total. The van der Waals surface area contributed by atoms with Gasteiger partial charge in [-0.15, -0.1) is 0 Å². The van der Waals surface area contributed by atoms with Gasteiger partial charge in [0.25, 0.3) is 0 Å². The van der Waals surface area contributed by atoms with Crippen molar-refractivity contribution in [3.8, 4) is 0 Å². The second-order valence-corrected chi connectivity index (χ2v) is 6.50. The highest BCUT2D eigenvalue weighted by Gasteiger charge is 2.64. The molecule has 0 amide bonds. The molecule has 3 unspecified atom stereocenters. The minimum Gasteiger partial charge on any atom is -0.348 e. The van der Waals surface area contributed by atoms with Crippen LogP contribution in [0.2, 0.25) is 0 Å². The van der Waals surface area contributed by atoms with Crippen molar-refractivity contribution in [2.45, 2.75) is 76.1 Å². The van der Waals surface area contributed by atoms with E-state index in [0.717, 1.165) is 0 Å². The van der Waals surface area contributed by atoms with Gasteiger partial charge in [-0.25, -0.2) is 0 Å². The molecule has 4 rings (SSSR count). The largest absolute Gasteiger partial charge is 0.348 e. The van der Waals surface area contributed by atoms with Crippen LogP contribution in [0.15, 0.2) is 0 Å². The zero-order valence-corrected chi connectivity index (χ0v) is 11.6. The predicted molar refractivity (Wildman–Crippen MR) is 62.3 cm³/mol. The van der Waals surface area contributed by atoms with Crippen molar-refractivity contribution >= 4 is 0 Å². The molecule has 0 radical (unpaired) electrons. The van der Waals surface area contributed by atoms with Gasteiger partial charge >= 0.3 is 0 Å². The Morgan fingerprint density at radius 2 is 1.37 bits per heavy atom. The van der Waals surface area contributed by atoms with Crippen LogP contribution in [-0.4, -0.2) is 55.0 Å². The normalized spacial score (nSPS) is 53.7. The molecule has 0 aromatic rings. The van der Waals surface area contributed by atoms with Crippen molar-refractivity contribution in [3.05, 3.63) is 0 Å². The lowest BCUT2D eigenvalue weighted by molar-refractivity contribution is -0.330. The van der Waals surface area contributed by atoms with E-state index in [1.165, 1.54) is 0 Å². The van der Waals surface area contributed by atoms with Crippen LogP contribution in [0, 0.1) is 0 Å². The van der Waals surface area contributed by atoms with Gasteiger partial charge in [-0.3, -0.25) is 0 Å². The van der Waals surface area contributed by atoms with Crippen molar-refractivity contribution in [3.63, 3.8) is 0 Å². The van der Waals surface area contributed by atoms with E-state index in [9.17, 15) is 0 Å². The molecule has 0 saturated carbocycles. The summed E-state index contributed by atoms with van der Waals surface area (Å²) in [5, 5.41) is 0. The van der Waals surface area contributed by atoms with Crippen molar-refractivity contribution in [1.29, 1.82) is 0 Å². The highest BCUT2D eigenvalue weighted by Crippen LogP contribution is 2.46. The molecule has 4 heterocycles. The zero-order chi connectivity index (χ0) is 13.4. The fourth-order valence-electron chi connectivity index (χ4n) is 3.16. The molecular formula is C13H20O6. The van der Waals surface area contributed by atoms with Crippen LogP contribution in [-0.2, 0) is 28.4 Å². The van der Waals surface area contributed by atoms with Gasteiger partial charge in [0.2, 0.25) is 0 Å². The van der Waals surface area contributed by atoms with Gasteiger partial charge in [0.15, 0.2) is 17.9 Å². The van der Waals surface area contributed by atoms with E-state index in [1.807, 2.05) is 27.7 Å². The van der Waals surface area contributed by atoms with Crippen LogP contribution in [0.25, 0.3) is 0 Å². The maximum absolute atomic E-state index is 6.03. The minimum absolute atomic E-state index is 0.0518. The van der Waals surface area contributed by atoms with E-state index in [-0.39, 0.29) is 36.8 Å². The van der Waals surface area contributed by atoms with E-state index >= 15 is 0 Å². The summed E-state index contributed by atoms with van der Waals surface area (Å²) in [4.78, 5) is 0. The van der Waals surface area contributed by atoms with Crippen LogP contribution in [0.3, 0.4) is 0 Å². The molecule has 6 atom stereocenters. The first-order valence-corrected chi connectivity index (χ1v) is 6.83. The van der Waals surface area contributed by atoms with Crippen LogP contribution < -0.4 is 0 Å². The van der Waals surface area contributed by atoms with Crippen LogP contribution in [0.4, 0.5) is 0 Å². The van der Waals surface area contributed by atoms with Crippen molar-refractivity contribution in [2.24, 2.45) is 0 Å². The molecule has 6 nitrogen and oxygen atoms in total. The van der Waals surface area contributed by atoms with Gasteiger partial charge in [0.1, 0.15) is 30.5 Å². The van der Waals surface area contributed by atoms with Crippen LogP contribution in [0.1, 0.15) is 27.7 Å². The summed E-state index contributed by atoms with van der Waals surface area (Å²) in [6.45, 7) is 8.12. The summed E-state index contributed by atoms with van der Waals surface area (Å²) in [6, 6.07) is 0. The Morgan fingerprint density at radius 3 is 2.11 bits per heavy atom. The van der Waals surface area contributed by atoms with Gasteiger partial charge in [-0.2, -0.15) is 0 Å². The third-order valence-electron chi connectivity index (χ3n) is 3.98. The quantitative estimate of drug-likeness (QED) is 0.607. The molecule has 108 valence electrons. The lowest BCUT2D eigenvalue weighted by atomic mass is 10.0. The standard InChI is InChI=1S/C13H20O6/c1-12(2)14-5-6-7(17-12)8-9(10-11(15-6)16-10)19-13(3,4)18-8/h6-11H,5H2,1-4H3/t6?,7-,8+,9?,10?,11-/m1/s1. The number of ether oxygens (including phenoxy) is 6. The molecule has 19 heavy (non-hydrogen) atoms. The summed E-state index contributed by atoms with van der Waals surface area (Å²) >= 11 is 0. The molecule has 0 spiro atoms. The molecule has 4 fully saturated rings. The zero-order valence-electron chi connectivity index (χ0n) is 11.6. The van der Waals surface area contributed by atoms with Crippen molar-refractivity contribution in [1.82, 2.24) is 0 Å². The molecule has 4 aliphatic rings. The fourth-order valence-corrected chi connectivity index (χ4v) is 3.16. The highest BCUT2D eigenvalue weighted by molar-refractivity contribution is 5.04. The monoisotopic (exact) mass is 272 g/mol. The van der Waals surface area contributed by atoms with Gasteiger partial charge in [-0.1, -0.05) is 0 Å².